The molecular weight excluding hydrogens is 211 g/mol. The summed E-state index contributed by atoms with van der Waals surface area (Å²) in [5, 5.41) is 0. The van der Waals surface area contributed by atoms with Crippen molar-refractivity contribution < 1.29 is 13.9 Å². The van der Waals surface area contributed by atoms with Gasteiger partial charge < -0.3 is 15.4 Å². The lowest BCUT2D eigenvalue weighted by molar-refractivity contribution is -0.118. The van der Waals surface area contributed by atoms with Gasteiger partial charge in [-0.3, -0.25) is 4.79 Å². The number of rotatable bonds is 2. The van der Waals surface area contributed by atoms with Crippen LogP contribution >= 0.6 is 0 Å². The minimum absolute atomic E-state index is 0.162. The van der Waals surface area contributed by atoms with Crippen LogP contribution in [0.2, 0.25) is 0 Å². The zero-order valence-corrected chi connectivity index (χ0v) is 8.94. The quantitative estimate of drug-likeness (QED) is 0.812. The first-order chi connectivity index (χ1) is 7.63. The molecule has 0 saturated carbocycles. The highest BCUT2D eigenvalue weighted by Crippen LogP contribution is 2.26. The first-order valence-electron chi connectivity index (χ1n) is 5.04. The Morgan fingerprint density at radius 2 is 2.31 bits per heavy atom. The molecule has 1 unspecified atom stereocenters. The van der Waals surface area contributed by atoms with Gasteiger partial charge in [0.15, 0.2) is 11.6 Å². The van der Waals surface area contributed by atoms with Crippen molar-refractivity contribution in [1.82, 2.24) is 0 Å². The van der Waals surface area contributed by atoms with Gasteiger partial charge in [-0.05, 0) is 18.6 Å². The summed E-state index contributed by atoms with van der Waals surface area (Å²) in [4.78, 5) is 13.1. The molecule has 1 fully saturated rings. The van der Waals surface area contributed by atoms with Crippen LogP contribution in [0.15, 0.2) is 18.2 Å². The summed E-state index contributed by atoms with van der Waals surface area (Å²) in [6.45, 7) is 0.534. The Balaban J connectivity index is 2.28. The molecule has 1 aromatic rings. The number of amides is 1. The summed E-state index contributed by atoms with van der Waals surface area (Å²) in [5.74, 6) is -0.475. The fourth-order valence-electron chi connectivity index (χ4n) is 1.78. The number of benzene rings is 1. The van der Waals surface area contributed by atoms with E-state index in [9.17, 15) is 9.18 Å². The summed E-state index contributed by atoms with van der Waals surface area (Å²) in [6.07, 6.45) is 0.604. The molecule has 0 spiro atoms. The maximum absolute atomic E-state index is 13.4. The van der Waals surface area contributed by atoms with E-state index in [0.717, 1.165) is 0 Å². The molecule has 4 nitrogen and oxygen atoms in total. The lowest BCUT2D eigenvalue weighted by Gasteiger charge is -2.16. The first-order valence-corrected chi connectivity index (χ1v) is 5.04. The Morgan fingerprint density at radius 3 is 2.81 bits per heavy atom. The maximum Gasteiger partial charge on any atom is 0.243 e. The van der Waals surface area contributed by atoms with Gasteiger partial charge in [-0.25, -0.2) is 4.39 Å². The molecule has 0 radical (unpaired) electrons. The molecule has 2 rings (SSSR count). The molecule has 0 aromatic heterocycles. The van der Waals surface area contributed by atoms with Gasteiger partial charge in [-0.2, -0.15) is 0 Å². The molecule has 1 aliphatic rings. The molecular formula is C11H13FN2O2. The smallest absolute Gasteiger partial charge is 0.243 e. The van der Waals surface area contributed by atoms with E-state index in [1.807, 2.05) is 0 Å². The number of halogens is 1. The molecule has 1 amide bonds. The number of nitrogens with two attached hydrogens (primary N) is 1. The van der Waals surface area contributed by atoms with Gasteiger partial charge in [0.25, 0.3) is 0 Å². The largest absolute Gasteiger partial charge is 0.494 e. The highest BCUT2D eigenvalue weighted by Gasteiger charge is 2.29. The highest BCUT2D eigenvalue weighted by molar-refractivity contribution is 5.99. The molecule has 0 aliphatic carbocycles. The van der Waals surface area contributed by atoms with E-state index >= 15 is 0 Å². The van der Waals surface area contributed by atoms with Gasteiger partial charge >= 0.3 is 0 Å². The number of carbonyl (C=O) groups is 1. The van der Waals surface area contributed by atoms with E-state index in [-0.39, 0.29) is 11.7 Å². The van der Waals surface area contributed by atoms with Gasteiger partial charge in [0.05, 0.1) is 13.2 Å². The molecule has 1 aromatic carbocycles. The molecule has 1 atom stereocenters. The standard InChI is InChI=1S/C11H13FN2O2/c1-16-10-3-2-7(6-8(10)12)14-5-4-9(13)11(14)15/h2-3,6,9H,4-5,13H2,1H3. The van der Waals surface area contributed by atoms with Crippen molar-refractivity contribution in [2.75, 3.05) is 18.6 Å². The van der Waals surface area contributed by atoms with Crippen LogP contribution in [0.4, 0.5) is 10.1 Å². The number of hydrogen-bond donors (Lipinski definition) is 1. The van der Waals surface area contributed by atoms with Crippen LogP contribution in [-0.4, -0.2) is 25.6 Å². The monoisotopic (exact) mass is 224 g/mol. The average Bonchev–Trinajstić information content (AvgIpc) is 2.60. The van der Waals surface area contributed by atoms with Crippen molar-refractivity contribution >= 4 is 11.6 Å². The Hall–Kier alpha value is -1.62. The summed E-state index contributed by atoms with van der Waals surface area (Å²) in [7, 11) is 1.40. The predicted octanol–water partition coefficient (Wildman–Crippen LogP) is 0.898. The Labute approximate surface area is 92.8 Å². The van der Waals surface area contributed by atoms with E-state index in [2.05, 4.69) is 0 Å². The summed E-state index contributed by atoms with van der Waals surface area (Å²) < 4.78 is 18.2. The highest BCUT2D eigenvalue weighted by atomic mass is 19.1. The Morgan fingerprint density at radius 1 is 1.56 bits per heavy atom. The molecule has 5 heteroatoms. The van der Waals surface area contributed by atoms with Crippen molar-refractivity contribution in [3.05, 3.63) is 24.0 Å². The van der Waals surface area contributed by atoms with Crippen LogP contribution in [0.5, 0.6) is 5.75 Å². The van der Waals surface area contributed by atoms with Crippen molar-refractivity contribution in [1.29, 1.82) is 0 Å². The molecule has 16 heavy (non-hydrogen) atoms. The maximum atomic E-state index is 13.4. The first kappa shape index (κ1) is 10.9. The van der Waals surface area contributed by atoms with E-state index in [4.69, 9.17) is 10.5 Å². The summed E-state index contributed by atoms with van der Waals surface area (Å²) >= 11 is 0. The predicted molar refractivity (Wildman–Crippen MR) is 57.9 cm³/mol. The minimum atomic E-state index is -0.478. The van der Waals surface area contributed by atoms with Crippen molar-refractivity contribution in [3.63, 3.8) is 0 Å². The number of hydrogen-bond acceptors (Lipinski definition) is 3. The normalized spacial score (nSPS) is 20.3. The van der Waals surface area contributed by atoms with Crippen LogP contribution in [0.1, 0.15) is 6.42 Å². The van der Waals surface area contributed by atoms with Crippen molar-refractivity contribution in [3.8, 4) is 5.75 Å². The Bertz CT molecular complexity index is 422. The van der Waals surface area contributed by atoms with E-state index < -0.39 is 11.9 Å². The average molecular weight is 224 g/mol. The summed E-state index contributed by atoms with van der Waals surface area (Å²) in [5.41, 5.74) is 6.11. The van der Waals surface area contributed by atoms with Crippen LogP contribution < -0.4 is 15.4 Å². The van der Waals surface area contributed by atoms with Gasteiger partial charge in [0.2, 0.25) is 5.91 Å². The van der Waals surface area contributed by atoms with E-state index in [0.29, 0.717) is 18.7 Å². The zero-order chi connectivity index (χ0) is 11.7. The molecule has 1 saturated heterocycles. The SMILES string of the molecule is COc1ccc(N2CCC(N)C2=O)cc1F. The van der Waals surface area contributed by atoms with Gasteiger partial charge in [-0.1, -0.05) is 0 Å². The lowest BCUT2D eigenvalue weighted by atomic mass is 10.2. The third-order valence-corrected chi connectivity index (χ3v) is 2.69. The van der Waals surface area contributed by atoms with E-state index in [1.165, 1.54) is 24.1 Å². The number of methoxy groups -OCH3 is 1. The van der Waals surface area contributed by atoms with Gasteiger partial charge in [0, 0.05) is 18.3 Å². The van der Waals surface area contributed by atoms with Crippen molar-refractivity contribution in [2.24, 2.45) is 5.73 Å². The number of ether oxygens (including phenoxy) is 1. The molecule has 1 heterocycles. The molecule has 0 bridgehead atoms. The Kier molecular flexibility index (Phi) is 2.78. The fraction of sp³-hybridized carbons (Fsp3) is 0.364. The van der Waals surface area contributed by atoms with Crippen molar-refractivity contribution in [2.45, 2.75) is 12.5 Å². The van der Waals surface area contributed by atoms with Crippen LogP contribution in [0.3, 0.4) is 0 Å². The third kappa shape index (κ3) is 1.74. The summed E-state index contributed by atoms with van der Waals surface area (Å²) in [6, 6.07) is 3.97. The topological polar surface area (TPSA) is 55.6 Å². The molecule has 2 N–H and O–H groups in total. The second kappa shape index (κ2) is 4.09. The van der Waals surface area contributed by atoms with Crippen LogP contribution in [-0.2, 0) is 4.79 Å². The van der Waals surface area contributed by atoms with Crippen LogP contribution in [0.25, 0.3) is 0 Å². The van der Waals surface area contributed by atoms with Gasteiger partial charge in [0.1, 0.15) is 0 Å². The minimum Gasteiger partial charge on any atom is -0.494 e. The number of carbonyl (C=O) groups excluding carboxylic acids is 1. The van der Waals surface area contributed by atoms with Gasteiger partial charge in [-0.15, -0.1) is 0 Å². The second-order valence-corrected chi connectivity index (χ2v) is 3.70. The molecule has 86 valence electrons. The lowest BCUT2D eigenvalue weighted by Crippen LogP contribution is -2.33. The third-order valence-electron chi connectivity index (χ3n) is 2.69. The van der Waals surface area contributed by atoms with E-state index in [1.54, 1.807) is 6.07 Å². The van der Waals surface area contributed by atoms with Crippen LogP contribution in [0, 0.1) is 5.82 Å². The number of nitrogens with zero attached hydrogens (tertiary/aromatic N) is 1. The fourth-order valence-corrected chi connectivity index (χ4v) is 1.78. The molecule has 1 aliphatic heterocycles. The zero-order valence-electron chi connectivity index (χ0n) is 8.94. The second-order valence-electron chi connectivity index (χ2n) is 3.70. The number of anilines is 1.